The molecule has 28 heavy (non-hydrogen) atoms. The Bertz CT molecular complexity index is 833. The van der Waals surface area contributed by atoms with E-state index in [2.05, 4.69) is 15.5 Å². The quantitative estimate of drug-likeness (QED) is 0.751. The average Bonchev–Trinajstić information content (AvgIpc) is 3.15. The van der Waals surface area contributed by atoms with Crippen molar-refractivity contribution in [2.75, 3.05) is 7.11 Å². The van der Waals surface area contributed by atoms with Gasteiger partial charge < -0.3 is 19.7 Å². The minimum absolute atomic E-state index is 0.159. The van der Waals surface area contributed by atoms with Gasteiger partial charge in [-0.25, -0.2) is 0 Å². The molecular weight excluding hydrogens is 362 g/mol. The molecule has 0 saturated heterocycles. The summed E-state index contributed by atoms with van der Waals surface area (Å²) in [7, 11) is 1.60. The number of hydrogen-bond acceptors (Lipinski definition) is 6. The van der Waals surface area contributed by atoms with Crippen molar-refractivity contribution in [2.24, 2.45) is 5.92 Å². The molecule has 1 fully saturated rings. The molecule has 0 bridgehead atoms. The fraction of sp³-hybridized carbons (Fsp3) is 0.500. The molecule has 8 heteroatoms. The van der Waals surface area contributed by atoms with Crippen LogP contribution in [-0.2, 0) is 16.0 Å². The summed E-state index contributed by atoms with van der Waals surface area (Å²) in [4.78, 5) is 28.2. The minimum Gasteiger partial charge on any atom is -0.497 e. The van der Waals surface area contributed by atoms with Crippen LogP contribution in [0.3, 0.4) is 0 Å². The van der Waals surface area contributed by atoms with E-state index in [-0.39, 0.29) is 12.3 Å². The number of hydrogen-bond donors (Lipinski definition) is 2. The highest BCUT2D eigenvalue weighted by Gasteiger charge is 2.42. The summed E-state index contributed by atoms with van der Waals surface area (Å²) < 4.78 is 10.4. The van der Waals surface area contributed by atoms with Crippen molar-refractivity contribution in [3.8, 4) is 17.1 Å². The molecule has 2 unspecified atom stereocenters. The first kappa shape index (κ1) is 19.9. The number of carbonyl (C=O) groups excluding carboxylic acids is 1. The Morgan fingerprint density at radius 1 is 1.32 bits per heavy atom. The molecule has 150 valence electrons. The monoisotopic (exact) mass is 387 g/mol. The van der Waals surface area contributed by atoms with Crippen molar-refractivity contribution < 1.29 is 24.0 Å². The summed E-state index contributed by atoms with van der Waals surface area (Å²) in [5.41, 5.74) is 0.0730. The molecule has 2 atom stereocenters. The maximum absolute atomic E-state index is 12.4. The van der Waals surface area contributed by atoms with Crippen molar-refractivity contribution in [1.82, 2.24) is 15.5 Å². The first-order valence-electron chi connectivity index (χ1n) is 9.42. The summed E-state index contributed by atoms with van der Waals surface area (Å²) in [6.45, 7) is 1.82. The highest BCUT2D eigenvalue weighted by Crippen LogP contribution is 2.34. The van der Waals surface area contributed by atoms with Gasteiger partial charge in [-0.2, -0.15) is 4.98 Å². The van der Waals surface area contributed by atoms with Crippen molar-refractivity contribution in [3.63, 3.8) is 0 Å². The lowest BCUT2D eigenvalue weighted by Gasteiger charge is -2.39. The first-order chi connectivity index (χ1) is 13.4. The maximum Gasteiger partial charge on any atom is 0.308 e. The molecule has 1 heterocycles. The Morgan fingerprint density at radius 2 is 2.07 bits per heavy atom. The zero-order valence-corrected chi connectivity index (χ0v) is 16.1. The van der Waals surface area contributed by atoms with Crippen LogP contribution in [0.5, 0.6) is 5.75 Å². The Hall–Kier alpha value is -2.90. The third kappa shape index (κ3) is 4.49. The van der Waals surface area contributed by atoms with E-state index in [0.29, 0.717) is 31.0 Å². The van der Waals surface area contributed by atoms with Crippen LogP contribution in [0.2, 0.25) is 0 Å². The highest BCUT2D eigenvalue weighted by molar-refractivity contribution is 5.79. The standard InChI is InChI=1S/C20H25N3O5/c1-20(12-4-3-5-15(20)19(25)26)22-16(24)10-11-17-21-18(23-28-17)13-6-8-14(27-2)9-7-13/h6-9,15H,3-5,10-12H2,1-2H3,(H,22,24)(H,25,26). The third-order valence-electron chi connectivity index (χ3n) is 5.31. The van der Waals surface area contributed by atoms with Crippen LogP contribution in [0, 0.1) is 5.92 Å². The topological polar surface area (TPSA) is 115 Å². The van der Waals surface area contributed by atoms with Gasteiger partial charge in [0.2, 0.25) is 17.6 Å². The number of nitrogens with one attached hydrogen (secondary N) is 1. The Kier molecular flexibility index (Phi) is 5.96. The second kappa shape index (κ2) is 8.41. The predicted octanol–water partition coefficient (Wildman–Crippen LogP) is 2.83. The number of nitrogens with zero attached hydrogens (tertiary/aromatic N) is 2. The molecule has 2 N–H and O–H groups in total. The van der Waals surface area contributed by atoms with Crippen LogP contribution < -0.4 is 10.1 Å². The summed E-state index contributed by atoms with van der Waals surface area (Å²) in [6.07, 6.45) is 3.49. The zero-order chi connectivity index (χ0) is 20.1. The van der Waals surface area contributed by atoms with Gasteiger partial charge in [0.05, 0.1) is 18.6 Å². The molecule has 1 aromatic carbocycles. The van der Waals surface area contributed by atoms with E-state index < -0.39 is 17.4 Å². The van der Waals surface area contributed by atoms with Gasteiger partial charge in [-0.05, 0) is 44.0 Å². The molecule has 1 saturated carbocycles. The van der Waals surface area contributed by atoms with Crippen LogP contribution >= 0.6 is 0 Å². The van der Waals surface area contributed by atoms with Gasteiger partial charge in [-0.15, -0.1) is 0 Å². The number of carboxylic acid groups (broad SMARTS) is 1. The third-order valence-corrected chi connectivity index (χ3v) is 5.31. The second-order valence-electron chi connectivity index (χ2n) is 7.34. The second-order valence-corrected chi connectivity index (χ2v) is 7.34. The zero-order valence-electron chi connectivity index (χ0n) is 16.1. The van der Waals surface area contributed by atoms with Gasteiger partial charge in [0.15, 0.2) is 0 Å². The SMILES string of the molecule is COc1ccc(-c2noc(CCC(=O)NC3(C)CCCCC3C(=O)O)n2)cc1. The molecule has 1 amide bonds. The minimum atomic E-state index is -0.858. The lowest BCUT2D eigenvalue weighted by atomic mass is 9.74. The molecule has 2 aromatic rings. The number of carbonyl (C=O) groups is 2. The van der Waals surface area contributed by atoms with Crippen LogP contribution in [0.25, 0.3) is 11.4 Å². The van der Waals surface area contributed by atoms with E-state index >= 15 is 0 Å². The number of amides is 1. The maximum atomic E-state index is 12.4. The number of aliphatic carboxylic acids is 1. The average molecular weight is 387 g/mol. The van der Waals surface area contributed by atoms with Crippen LogP contribution in [0.1, 0.15) is 44.9 Å². The number of ether oxygens (including phenoxy) is 1. The Balaban J connectivity index is 1.57. The fourth-order valence-corrected chi connectivity index (χ4v) is 3.69. The van der Waals surface area contributed by atoms with Crippen LogP contribution in [-0.4, -0.2) is 39.8 Å². The van der Waals surface area contributed by atoms with E-state index in [4.69, 9.17) is 9.26 Å². The number of carboxylic acids is 1. The highest BCUT2D eigenvalue weighted by atomic mass is 16.5. The number of benzene rings is 1. The van der Waals surface area contributed by atoms with Gasteiger partial charge >= 0.3 is 5.97 Å². The largest absolute Gasteiger partial charge is 0.497 e. The van der Waals surface area contributed by atoms with E-state index in [0.717, 1.165) is 24.2 Å². The van der Waals surface area contributed by atoms with E-state index in [9.17, 15) is 14.7 Å². The summed E-state index contributed by atoms with van der Waals surface area (Å²) >= 11 is 0. The normalized spacial score (nSPS) is 21.9. The van der Waals surface area contributed by atoms with Crippen LogP contribution in [0.15, 0.2) is 28.8 Å². The van der Waals surface area contributed by atoms with Gasteiger partial charge in [-0.1, -0.05) is 18.0 Å². The lowest BCUT2D eigenvalue weighted by molar-refractivity contribution is -0.146. The first-order valence-corrected chi connectivity index (χ1v) is 9.42. The fourth-order valence-electron chi connectivity index (χ4n) is 3.69. The van der Waals surface area contributed by atoms with Crippen molar-refractivity contribution in [2.45, 2.75) is 51.0 Å². The number of methoxy groups -OCH3 is 1. The Labute approximate surface area is 163 Å². The van der Waals surface area contributed by atoms with Crippen molar-refractivity contribution >= 4 is 11.9 Å². The predicted molar refractivity (Wildman–Crippen MR) is 101 cm³/mol. The van der Waals surface area contributed by atoms with Crippen molar-refractivity contribution in [1.29, 1.82) is 0 Å². The molecule has 0 spiro atoms. The van der Waals surface area contributed by atoms with Crippen LogP contribution in [0.4, 0.5) is 0 Å². The number of aromatic nitrogens is 2. The number of aryl methyl sites for hydroxylation is 1. The molecule has 0 radical (unpaired) electrons. The summed E-state index contributed by atoms with van der Waals surface area (Å²) in [5.74, 6) is -0.0773. The lowest BCUT2D eigenvalue weighted by Crippen LogP contribution is -2.55. The number of rotatable bonds is 7. The molecule has 1 aromatic heterocycles. The van der Waals surface area contributed by atoms with Gasteiger partial charge in [-0.3, -0.25) is 9.59 Å². The van der Waals surface area contributed by atoms with E-state index in [1.54, 1.807) is 7.11 Å². The molecule has 8 nitrogen and oxygen atoms in total. The summed E-state index contributed by atoms with van der Waals surface area (Å²) in [5, 5.41) is 16.3. The molecule has 3 rings (SSSR count). The van der Waals surface area contributed by atoms with E-state index in [1.807, 2.05) is 31.2 Å². The smallest absolute Gasteiger partial charge is 0.308 e. The van der Waals surface area contributed by atoms with Gasteiger partial charge in [0, 0.05) is 18.4 Å². The molecule has 1 aliphatic rings. The van der Waals surface area contributed by atoms with Gasteiger partial charge in [0.25, 0.3) is 0 Å². The summed E-state index contributed by atoms with van der Waals surface area (Å²) in [6, 6.07) is 7.28. The molecular formula is C20H25N3O5. The molecule has 0 aliphatic heterocycles. The van der Waals surface area contributed by atoms with E-state index in [1.165, 1.54) is 0 Å². The Morgan fingerprint density at radius 3 is 2.75 bits per heavy atom. The molecule has 1 aliphatic carbocycles. The van der Waals surface area contributed by atoms with Crippen molar-refractivity contribution in [3.05, 3.63) is 30.2 Å². The van der Waals surface area contributed by atoms with Gasteiger partial charge in [0.1, 0.15) is 5.75 Å².